The summed E-state index contributed by atoms with van der Waals surface area (Å²) in [5.41, 5.74) is 7.14. The Bertz CT molecular complexity index is 369. The highest BCUT2D eigenvalue weighted by Gasteiger charge is 2.20. The molecule has 1 aromatic rings. The quantitative estimate of drug-likeness (QED) is 0.796. The van der Waals surface area contributed by atoms with Crippen molar-refractivity contribution in [3.63, 3.8) is 0 Å². The molecule has 1 aromatic carbocycles. The number of hydrogen-bond acceptors (Lipinski definition) is 3. The number of ether oxygens (including phenoxy) is 1. The summed E-state index contributed by atoms with van der Waals surface area (Å²) in [6, 6.07) is 8.57. The molecular formula is C16H28N2O. The van der Waals surface area contributed by atoms with E-state index in [0.29, 0.717) is 0 Å². The van der Waals surface area contributed by atoms with Crippen LogP contribution < -0.4 is 15.8 Å². The van der Waals surface area contributed by atoms with Gasteiger partial charge in [0.25, 0.3) is 0 Å². The Labute approximate surface area is 117 Å². The first-order valence-corrected chi connectivity index (χ1v) is 7.05. The van der Waals surface area contributed by atoms with Gasteiger partial charge in [-0.15, -0.1) is 0 Å². The predicted octanol–water partition coefficient (Wildman–Crippen LogP) is 2.69. The molecule has 0 aliphatic carbocycles. The molecule has 1 unspecified atom stereocenters. The second-order valence-electron chi connectivity index (χ2n) is 6.18. The molecule has 0 amide bonds. The van der Waals surface area contributed by atoms with Gasteiger partial charge in [0, 0.05) is 24.5 Å². The van der Waals surface area contributed by atoms with Gasteiger partial charge in [-0.05, 0) is 38.5 Å². The van der Waals surface area contributed by atoms with Gasteiger partial charge in [-0.1, -0.05) is 26.0 Å². The molecule has 3 heteroatoms. The van der Waals surface area contributed by atoms with Crippen LogP contribution in [0, 0.1) is 0 Å². The summed E-state index contributed by atoms with van der Waals surface area (Å²) in [5.74, 6) is 0.929. The molecule has 1 rings (SSSR count). The lowest BCUT2D eigenvalue weighted by Gasteiger charge is -2.26. The fraction of sp³-hybridized carbons (Fsp3) is 0.625. The molecule has 0 saturated carbocycles. The summed E-state index contributed by atoms with van der Waals surface area (Å²) in [6.07, 6.45) is 0.214. The lowest BCUT2D eigenvalue weighted by atomic mass is 9.84. The minimum absolute atomic E-state index is 0.0885. The first-order chi connectivity index (χ1) is 8.81. The molecule has 1 atom stereocenters. The van der Waals surface area contributed by atoms with E-state index in [-0.39, 0.29) is 17.6 Å². The highest BCUT2D eigenvalue weighted by Crippen LogP contribution is 2.25. The van der Waals surface area contributed by atoms with Gasteiger partial charge in [0.05, 0.1) is 6.10 Å². The van der Waals surface area contributed by atoms with E-state index in [9.17, 15) is 0 Å². The van der Waals surface area contributed by atoms with Crippen molar-refractivity contribution in [3.8, 4) is 5.75 Å². The van der Waals surface area contributed by atoms with Crippen molar-refractivity contribution in [2.45, 2.75) is 52.2 Å². The number of nitrogens with one attached hydrogen (secondary N) is 1. The topological polar surface area (TPSA) is 47.3 Å². The average Bonchev–Trinajstić information content (AvgIpc) is 2.28. The number of rotatable bonds is 7. The fourth-order valence-corrected chi connectivity index (χ4v) is 1.97. The van der Waals surface area contributed by atoms with E-state index >= 15 is 0 Å². The second kappa shape index (κ2) is 6.92. The molecule has 0 aliphatic rings. The largest absolute Gasteiger partial charge is 0.491 e. The van der Waals surface area contributed by atoms with E-state index in [1.807, 2.05) is 32.9 Å². The Kier molecular flexibility index (Phi) is 5.83. The van der Waals surface area contributed by atoms with Crippen molar-refractivity contribution in [2.75, 3.05) is 13.1 Å². The summed E-state index contributed by atoms with van der Waals surface area (Å²) < 4.78 is 5.66. The van der Waals surface area contributed by atoms with Crippen molar-refractivity contribution in [1.29, 1.82) is 0 Å². The molecule has 0 aliphatic heterocycles. The summed E-state index contributed by atoms with van der Waals surface area (Å²) >= 11 is 0. The van der Waals surface area contributed by atoms with Crippen molar-refractivity contribution in [2.24, 2.45) is 5.73 Å². The van der Waals surface area contributed by atoms with Crippen LogP contribution in [0.2, 0.25) is 0 Å². The van der Waals surface area contributed by atoms with Gasteiger partial charge in [-0.3, -0.25) is 0 Å². The van der Waals surface area contributed by atoms with Gasteiger partial charge in [-0.2, -0.15) is 0 Å². The molecule has 0 spiro atoms. The van der Waals surface area contributed by atoms with E-state index in [1.165, 1.54) is 5.56 Å². The number of nitrogens with two attached hydrogens (primary N) is 1. The monoisotopic (exact) mass is 264 g/mol. The molecule has 3 nitrogen and oxygen atoms in total. The first kappa shape index (κ1) is 16.0. The molecule has 0 aromatic heterocycles. The SMILES string of the molecule is CC(N)CNCC(C)(C)c1ccc(OC(C)C)cc1. The molecular weight excluding hydrogens is 236 g/mol. The van der Waals surface area contributed by atoms with Gasteiger partial charge < -0.3 is 15.8 Å². The third-order valence-electron chi connectivity index (χ3n) is 3.04. The van der Waals surface area contributed by atoms with Crippen molar-refractivity contribution in [3.05, 3.63) is 29.8 Å². The smallest absolute Gasteiger partial charge is 0.119 e. The van der Waals surface area contributed by atoms with Gasteiger partial charge in [-0.25, -0.2) is 0 Å². The Morgan fingerprint density at radius 2 is 1.74 bits per heavy atom. The van der Waals surface area contributed by atoms with E-state index < -0.39 is 0 Å². The molecule has 3 N–H and O–H groups in total. The van der Waals surface area contributed by atoms with Crippen molar-refractivity contribution >= 4 is 0 Å². The van der Waals surface area contributed by atoms with Crippen LogP contribution in [0.15, 0.2) is 24.3 Å². The summed E-state index contributed by atoms with van der Waals surface area (Å²) in [4.78, 5) is 0. The first-order valence-electron chi connectivity index (χ1n) is 7.05. The zero-order valence-electron chi connectivity index (χ0n) is 12.9. The zero-order chi connectivity index (χ0) is 14.5. The Morgan fingerprint density at radius 3 is 2.21 bits per heavy atom. The third-order valence-corrected chi connectivity index (χ3v) is 3.04. The van der Waals surface area contributed by atoms with Crippen LogP contribution in [0.4, 0.5) is 0 Å². The van der Waals surface area contributed by atoms with Crippen LogP contribution in [0.1, 0.15) is 40.2 Å². The van der Waals surface area contributed by atoms with Gasteiger partial charge in [0.2, 0.25) is 0 Å². The van der Waals surface area contributed by atoms with Crippen LogP contribution in [0.25, 0.3) is 0 Å². The lowest BCUT2D eigenvalue weighted by molar-refractivity contribution is 0.242. The predicted molar refractivity (Wildman–Crippen MR) is 81.8 cm³/mol. The van der Waals surface area contributed by atoms with E-state index in [4.69, 9.17) is 10.5 Å². The summed E-state index contributed by atoms with van der Waals surface area (Å²) in [6.45, 7) is 12.3. The Balaban J connectivity index is 2.62. The number of benzene rings is 1. The normalized spacial score (nSPS) is 13.6. The molecule has 0 bridgehead atoms. The molecule has 19 heavy (non-hydrogen) atoms. The highest BCUT2D eigenvalue weighted by molar-refractivity contribution is 5.32. The molecule has 0 saturated heterocycles. The summed E-state index contributed by atoms with van der Waals surface area (Å²) in [5, 5.41) is 3.41. The van der Waals surface area contributed by atoms with Crippen molar-refractivity contribution < 1.29 is 4.74 Å². The summed E-state index contributed by atoms with van der Waals surface area (Å²) in [7, 11) is 0. The maximum absolute atomic E-state index is 5.75. The maximum Gasteiger partial charge on any atom is 0.119 e. The third kappa shape index (κ3) is 5.62. The Morgan fingerprint density at radius 1 is 1.16 bits per heavy atom. The van der Waals surface area contributed by atoms with Gasteiger partial charge >= 0.3 is 0 Å². The molecule has 0 fully saturated rings. The van der Waals surface area contributed by atoms with Gasteiger partial charge in [0.15, 0.2) is 0 Å². The number of hydrogen-bond donors (Lipinski definition) is 2. The standard InChI is InChI=1S/C16H28N2O/c1-12(2)19-15-8-6-14(7-9-15)16(4,5)11-18-10-13(3)17/h6-9,12-13,18H,10-11,17H2,1-5H3. The Hall–Kier alpha value is -1.06. The van der Waals surface area contributed by atoms with E-state index in [2.05, 4.69) is 31.3 Å². The zero-order valence-corrected chi connectivity index (χ0v) is 12.9. The van der Waals surface area contributed by atoms with Crippen LogP contribution >= 0.6 is 0 Å². The van der Waals surface area contributed by atoms with Gasteiger partial charge in [0.1, 0.15) is 5.75 Å². The minimum atomic E-state index is 0.0885. The van der Waals surface area contributed by atoms with Crippen LogP contribution in [-0.4, -0.2) is 25.2 Å². The molecule has 108 valence electrons. The maximum atomic E-state index is 5.75. The molecule has 0 heterocycles. The lowest BCUT2D eigenvalue weighted by Crippen LogP contribution is -2.38. The van der Waals surface area contributed by atoms with Crippen LogP contribution in [-0.2, 0) is 5.41 Å². The highest BCUT2D eigenvalue weighted by atomic mass is 16.5. The fourth-order valence-electron chi connectivity index (χ4n) is 1.97. The van der Waals surface area contributed by atoms with Crippen LogP contribution in [0.5, 0.6) is 5.75 Å². The van der Waals surface area contributed by atoms with E-state index in [1.54, 1.807) is 0 Å². The molecule has 0 radical (unpaired) electrons. The minimum Gasteiger partial charge on any atom is -0.491 e. The van der Waals surface area contributed by atoms with Crippen molar-refractivity contribution in [1.82, 2.24) is 5.32 Å². The average molecular weight is 264 g/mol. The van der Waals surface area contributed by atoms with Crippen LogP contribution in [0.3, 0.4) is 0 Å². The van der Waals surface area contributed by atoms with E-state index in [0.717, 1.165) is 18.8 Å². The second-order valence-corrected chi connectivity index (χ2v) is 6.18.